The van der Waals surface area contributed by atoms with E-state index in [1.54, 1.807) is 0 Å². The van der Waals surface area contributed by atoms with E-state index in [2.05, 4.69) is 55.6 Å². The van der Waals surface area contributed by atoms with Crippen LogP contribution in [0.25, 0.3) is 0 Å². The van der Waals surface area contributed by atoms with Gasteiger partial charge in [-0.1, -0.05) is 166 Å². The van der Waals surface area contributed by atoms with Gasteiger partial charge >= 0.3 is 19.8 Å². The Labute approximate surface area is 340 Å². The van der Waals surface area contributed by atoms with Crippen molar-refractivity contribution in [2.45, 2.75) is 206 Å². The molecule has 1 amide bonds. The number of amides is 1. The highest BCUT2D eigenvalue weighted by Crippen LogP contribution is 2.43. The van der Waals surface area contributed by atoms with Crippen molar-refractivity contribution in [3.05, 3.63) is 36.5 Å². The summed E-state index contributed by atoms with van der Waals surface area (Å²) in [7, 11) is -4.75. The maximum absolute atomic E-state index is 12.3. The minimum absolute atomic E-state index is 0.141. The molecular formula is C44H80NO10P. The molecule has 0 saturated heterocycles. The van der Waals surface area contributed by atoms with Gasteiger partial charge in [0.25, 0.3) is 0 Å². The quantitative estimate of drug-likeness (QED) is 0.0202. The Bertz CT molecular complexity index is 1100. The Kier molecular flexibility index (Phi) is 37.9. The molecule has 0 spiro atoms. The first-order valence-corrected chi connectivity index (χ1v) is 23.5. The van der Waals surface area contributed by atoms with Gasteiger partial charge in [-0.3, -0.25) is 18.6 Å². The maximum atomic E-state index is 12.3. The van der Waals surface area contributed by atoms with Crippen molar-refractivity contribution in [1.29, 1.82) is 0 Å². The second-order valence-corrected chi connectivity index (χ2v) is 16.3. The number of esters is 1. The highest BCUT2D eigenvalue weighted by Gasteiger charge is 2.28. The number of allylic oxidation sites excluding steroid dienone is 6. The first-order chi connectivity index (χ1) is 27.1. The molecule has 56 heavy (non-hydrogen) atoms. The van der Waals surface area contributed by atoms with Gasteiger partial charge in [0, 0.05) is 12.8 Å². The molecule has 12 heteroatoms. The molecule has 0 heterocycles. The number of ether oxygens (including phenoxy) is 1. The second-order valence-electron chi connectivity index (χ2n) is 14.9. The molecule has 0 rings (SSSR count). The van der Waals surface area contributed by atoms with Crippen LogP contribution >= 0.6 is 7.82 Å². The Balaban J connectivity index is 3.87. The van der Waals surface area contributed by atoms with Crippen LogP contribution in [0, 0.1) is 0 Å². The van der Waals surface area contributed by atoms with Gasteiger partial charge in [-0.25, -0.2) is 9.36 Å². The third-order valence-corrected chi connectivity index (χ3v) is 10.4. The first-order valence-electron chi connectivity index (χ1n) is 22.0. The van der Waals surface area contributed by atoms with Gasteiger partial charge in [-0.2, -0.15) is 0 Å². The summed E-state index contributed by atoms with van der Waals surface area (Å²) in [6.45, 7) is 2.53. The van der Waals surface area contributed by atoms with Crippen LogP contribution in [0.3, 0.4) is 0 Å². The number of hydrogen-bond acceptors (Lipinski definition) is 8. The summed E-state index contributed by atoms with van der Waals surface area (Å²) >= 11 is 0. The Morgan fingerprint density at radius 2 is 0.982 bits per heavy atom. The van der Waals surface area contributed by atoms with Crippen molar-refractivity contribution < 1.29 is 47.8 Å². The smallest absolute Gasteiger partial charge is 0.472 e. The zero-order valence-corrected chi connectivity index (χ0v) is 36.1. The van der Waals surface area contributed by atoms with Crippen molar-refractivity contribution in [3.8, 4) is 0 Å². The third-order valence-electron chi connectivity index (χ3n) is 9.43. The Hall–Kier alpha value is -2.30. The molecule has 4 N–H and O–H groups in total. The fourth-order valence-corrected chi connectivity index (χ4v) is 6.74. The minimum atomic E-state index is -4.75. The molecule has 0 aromatic carbocycles. The van der Waals surface area contributed by atoms with Crippen molar-refractivity contribution in [2.75, 3.05) is 19.8 Å². The number of aliphatic carboxylic acids is 1. The Morgan fingerprint density at radius 1 is 0.571 bits per heavy atom. The van der Waals surface area contributed by atoms with Crippen LogP contribution < -0.4 is 5.32 Å². The molecule has 326 valence electrons. The molecule has 0 aromatic heterocycles. The zero-order chi connectivity index (χ0) is 41.4. The molecule has 0 aliphatic heterocycles. The van der Waals surface area contributed by atoms with Gasteiger partial charge in [0.2, 0.25) is 5.91 Å². The van der Waals surface area contributed by atoms with Crippen LogP contribution in [0.1, 0.15) is 194 Å². The zero-order valence-electron chi connectivity index (χ0n) is 35.2. The standard InChI is InChI=1S/C44H80NO10P/c1-3-5-7-9-11-13-14-15-16-17-18-19-20-21-22-23-24-25-26-28-29-31-33-35-42(47)45-41(44(49)50)39-55-56(51,52)54-38-40(46)37-53-43(48)36-34-32-30-27-12-10-8-6-4-2/h11,13,15-16,18-19,40-41,46H,3-10,12,14,17,20-39H2,1-2H3,(H,45,47)(H,49,50)(H,51,52)/b13-11-,16-15-,19-18-. The number of phosphoric acid groups is 1. The van der Waals surface area contributed by atoms with E-state index < -0.39 is 57.6 Å². The number of rotatable bonds is 41. The van der Waals surface area contributed by atoms with Crippen molar-refractivity contribution >= 4 is 25.7 Å². The van der Waals surface area contributed by atoms with Crippen LogP contribution in [-0.4, -0.2) is 64.9 Å². The SMILES string of the molecule is CCCCC/C=C\C/C=C\C/C=C\CCCCCCCCCCCCC(=O)NC(COP(=O)(O)OCC(O)COC(=O)CCCCCCCCCCC)C(=O)O. The molecule has 0 aliphatic carbocycles. The number of carboxylic acids is 1. The number of carbonyl (C=O) groups is 3. The molecule has 0 aromatic rings. The van der Waals surface area contributed by atoms with E-state index >= 15 is 0 Å². The number of nitrogens with one attached hydrogen (secondary N) is 1. The van der Waals surface area contributed by atoms with Crippen molar-refractivity contribution in [3.63, 3.8) is 0 Å². The molecule has 11 nitrogen and oxygen atoms in total. The summed E-state index contributed by atoms with van der Waals surface area (Å²) in [4.78, 5) is 45.8. The molecule has 0 saturated carbocycles. The number of carboxylic acid groups (broad SMARTS) is 1. The maximum Gasteiger partial charge on any atom is 0.472 e. The number of hydrogen-bond donors (Lipinski definition) is 4. The summed E-state index contributed by atoms with van der Waals surface area (Å²) in [6.07, 6.45) is 41.8. The fourth-order valence-electron chi connectivity index (χ4n) is 5.97. The molecule has 3 unspecified atom stereocenters. The van der Waals surface area contributed by atoms with Crippen LogP contribution in [0.2, 0.25) is 0 Å². The molecule has 0 aliphatic rings. The van der Waals surface area contributed by atoms with Gasteiger partial charge in [-0.05, 0) is 51.4 Å². The molecule has 0 bridgehead atoms. The van der Waals surface area contributed by atoms with Gasteiger partial charge < -0.3 is 25.2 Å². The van der Waals surface area contributed by atoms with Crippen molar-refractivity contribution in [2.24, 2.45) is 0 Å². The number of carbonyl (C=O) groups excluding carboxylic acids is 2. The van der Waals surface area contributed by atoms with E-state index in [9.17, 15) is 34.1 Å². The Morgan fingerprint density at radius 3 is 1.50 bits per heavy atom. The number of aliphatic hydroxyl groups excluding tert-OH is 1. The number of aliphatic hydroxyl groups is 1. The highest BCUT2D eigenvalue weighted by atomic mass is 31.2. The van der Waals surface area contributed by atoms with E-state index in [-0.39, 0.29) is 12.8 Å². The highest BCUT2D eigenvalue weighted by molar-refractivity contribution is 7.47. The van der Waals surface area contributed by atoms with Crippen LogP contribution in [0.4, 0.5) is 0 Å². The lowest BCUT2D eigenvalue weighted by Gasteiger charge is -2.18. The summed E-state index contributed by atoms with van der Waals surface area (Å²) in [6, 6.07) is -1.55. The van der Waals surface area contributed by atoms with E-state index in [4.69, 9.17) is 13.8 Å². The lowest BCUT2D eigenvalue weighted by Crippen LogP contribution is -2.43. The predicted molar refractivity (Wildman–Crippen MR) is 226 cm³/mol. The third kappa shape index (κ3) is 38.6. The summed E-state index contributed by atoms with van der Waals surface area (Å²) < 4.78 is 26.7. The van der Waals surface area contributed by atoms with Gasteiger partial charge in [0.1, 0.15) is 12.7 Å². The van der Waals surface area contributed by atoms with E-state index in [0.29, 0.717) is 12.8 Å². The van der Waals surface area contributed by atoms with Crippen LogP contribution in [0.5, 0.6) is 0 Å². The molecule has 0 radical (unpaired) electrons. The minimum Gasteiger partial charge on any atom is -0.480 e. The van der Waals surface area contributed by atoms with E-state index in [1.807, 2.05) is 0 Å². The second kappa shape index (κ2) is 39.5. The summed E-state index contributed by atoms with van der Waals surface area (Å²) in [5.41, 5.74) is 0. The first kappa shape index (κ1) is 53.7. The largest absolute Gasteiger partial charge is 0.480 e. The van der Waals surface area contributed by atoms with Gasteiger partial charge in [0.15, 0.2) is 6.04 Å². The van der Waals surface area contributed by atoms with E-state index in [1.165, 1.54) is 89.9 Å². The normalized spacial score (nSPS) is 14.1. The average molecular weight is 814 g/mol. The van der Waals surface area contributed by atoms with Crippen LogP contribution in [-0.2, 0) is 32.7 Å². The van der Waals surface area contributed by atoms with Gasteiger partial charge in [0.05, 0.1) is 13.2 Å². The average Bonchev–Trinajstić information content (AvgIpc) is 3.17. The lowest BCUT2D eigenvalue weighted by molar-refractivity contribution is -0.147. The number of phosphoric ester groups is 1. The fraction of sp³-hybridized carbons (Fsp3) is 0.795. The topological polar surface area (TPSA) is 169 Å². The number of unbranched alkanes of at least 4 members (excludes halogenated alkanes) is 21. The monoisotopic (exact) mass is 814 g/mol. The lowest BCUT2D eigenvalue weighted by atomic mass is 10.0. The summed E-state index contributed by atoms with van der Waals surface area (Å²) in [5.74, 6) is -2.38. The molecule has 3 atom stereocenters. The molecular weight excluding hydrogens is 733 g/mol. The van der Waals surface area contributed by atoms with E-state index in [0.717, 1.165) is 64.2 Å². The van der Waals surface area contributed by atoms with Crippen molar-refractivity contribution in [1.82, 2.24) is 5.32 Å². The van der Waals surface area contributed by atoms with Crippen LogP contribution in [0.15, 0.2) is 36.5 Å². The predicted octanol–water partition coefficient (Wildman–Crippen LogP) is 11.2. The molecule has 0 fully saturated rings. The van der Waals surface area contributed by atoms with Gasteiger partial charge in [-0.15, -0.1) is 0 Å². The summed E-state index contributed by atoms with van der Waals surface area (Å²) in [5, 5.41) is 21.8.